The van der Waals surface area contributed by atoms with Gasteiger partial charge in [-0.25, -0.2) is 4.98 Å². The van der Waals surface area contributed by atoms with E-state index in [-0.39, 0.29) is 23.2 Å². The minimum absolute atomic E-state index is 0.00660. The molecule has 8 heteroatoms. The highest BCUT2D eigenvalue weighted by Crippen LogP contribution is 2.38. The summed E-state index contributed by atoms with van der Waals surface area (Å²) in [5.41, 5.74) is -0.0286. The highest BCUT2D eigenvalue weighted by molar-refractivity contribution is 7.17. The van der Waals surface area contributed by atoms with E-state index in [4.69, 9.17) is 0 Å². The summed E-state index contributed by atoms with van der Waals surface area (Å²) in [6, 6.07) is 4.66. The molecule has 1 aromatic carbocycles. The second kappa shape index (κ2) is 6.50. The largest absolute Gasteiger partial charge is 0.416 e. The van der Waals surface area contributed by atoms with Crippen LogP contribution in [0.15, 0.2) is 24.3 Å². The highest BCUT2D eigenvalue weighted by Gasteiger charge is 2.34. The van der Waals surface area contributed by atoms with Gasteiger partial charge in [0.15, 0.2) is 10.9 Å². The lowest BCUT2D eigenvalue weighted by atomic mass is 9.78. The van der Waals surface area contributed by atoms with Gasteiger partial charge in [0, 0.05) is 6.42 Å². The van der Waals surface area contributed by atoms with Crippen molar-refractivity contribution in [1.82, 2.24) is 4.98 Å². The molecule has 3 rings (SSSR count). The maximum Gasteiger partial charge on any atom is 0.416 e. The average Bonchev–Trinajstić information content (AvgIpc) is 2.87. The molecule has 0 bridgehead atoms. The fraction of sp³-hybridized carbons (Fsp3) is 0.389. The Morgan fingerprint density at radius 2 is 2.04 bits per heavy atom. The number of rotatable bonds is 3. The number of benzene rings is 1. The van der Waals surface area contributed by atoms with Crippen molar-refractivity contribution in [2.75, 3.05) is 5.32 Å². The number of hydrogen-bond acceptors (Lipinski definition) is 4. The van der Waals surface area contributed by atoms with Crippen LogP contribution in [0.1, 0.15) is 46.8 Å². The Morgan fingerprint density at radius 1 is 1.31 bits per heavy atom. The summed E-state index contributed by atoms with van der Waals surface area (Å²) in [5.74, 6) is -0.464. The van der Waals surface area contributed by atoms with Gasteiger partial charge in [-0.15, -0.1) is 0 Å². The lowest BCUT2D eigenvalue weighted by Gasteiger charge is -2.26. The minimum atomic E-state index is -4.45. The molecule has 0 fully saturated rings. The van der Waals surface area contributed by atoms with Crippen molar-refractivity contribution in [3.8, 4) is 0 Å². The van der Waals surface area contributed by atoms with Crippen LogP contribution < -0.4 is 5.32 Å². The fourth-order valence-corrected chi connectivity index (χ4v) is 3.92. The maximum absolute atomic E-state index is 12.7. The fourth-order valence-electron chi connectivity index (χ4n) is 2.98. The van der Waals surface area contributed by atoms with E-state index in [1.807, 2.05) is 13.8 Å². The van der Waals surface area contributed by atoms with Crippen LogP contribution in [0.5, 0.6) is 0 Å². The van der Waals surface area contributed by atoms with Crippen LogP contribution in [0.3, 0.4) is 0 Å². The molecule has 0 aliphatic heterocycles. The van der Waals surface area contributed by atoms with Crippen LogP contribution in [-0.2, 0) is 23.8 Å². The number of thiazole rings is 1. The molecular weight excluding hydrogens is 365 g/mol. The third-order valence-corrected chi connectivity index (χ3v) is 5.16. The van der Waals surface area contributed by atoms with E-state index in [0.29, 0.717) is 28.5 Å². The van der Waals surface area contributed by atoms with Crippen molar-refractivity contribution in [3.05, 3.63) is 46.0 Å². The lowest BCUT2D eigenvalue weighted by Crippen LogP contribution is -2.26. The van der Waals surface area contributed by atoms with E-state index in [2.05, 4.69) is 10.3 Å². The summed E-state index contributed by atoms with van der Waals surface area (Å²) in [4.78, 5) is 29.2. The molecule has 0 unspecified atom stereocenters. The molecule has 0 saturated heterocycles. The number of anilines is 1. The third kappa shape index (κ3) is 4.12. The molecule has 2 aromatic rings. The zero-order valence-corrected chi connectivity index (χ0v) is 15.1. The Labute approximate surface area is 152 Å². The molecule has 1 aliphatic carbocycles. The van der Waals surface area contributed by atoms with Gasteiger partial charge in [-0.3, -0.25) is 9.59 Å². The van der Waals surface area contributed by atoms with Crippen LogP contribution in [-0.4, -0.2) is 16.7 Å². The normalized spacial score (nSPS) is 16.3. The first-order valence-corrected chi connectivity index (χ1v) is 8.84. The van der Waals surface area contributed by atoms with Crippen molar-refractivity contribution in [1.29, 1.82) is 0 Å². The van der Waals surface area contributed by atoms with Crippen molar-refractivity contribution in [3.63, 3.8) is 0 Å². The van der Waals surface area contributed by atoms with Crippen LogP contribution in [0.25, 0.3) is 0 Å². The Bertz CT molecular complexity index is 872. The predicted molar refractivity (Wildman–Crippen MR) is 92.3 cm³/mol. The zero-order chi connectivity index (χ0) is 19.1. The van der Waals surface area contributed by atoms with Crippen LogP contribution >= 0.6 is 11.3 Å². The topological polar surface area (TPSA) is 59.1 Å². The Hall–Kier alpha value is -2.22. The maximum atomic E-state index is 12.7. The number of Topliss-reactive ketones (excluding diaryl/α,β-unsaturated/α-hetero) is 1. The molecule has 0 radical (unpaired) electrons. The van der Waals surface area contributed by atoms with Crippen LogP contribution in [0, 0.1) is 5.41 Å². The number of fused-ring (bicyclic) bond motifs is 1. The molecule has 26 heavy (non-hydrogen) atoms. The molecule has 0 spiro atoms. The van der Waals surface area contributed by atoms with Gasteiger partial charge < -0.3 is 5.32 Å². The monoisotopic (exact) mass is 382 g/mol. The third-order valence-electron chi connectivity index (χ3n) is 4.10. The number of amides is 1. The number of aromatic nitrogens is 1. The van der Waals surface area contributed by atoms with Gasteiger partial charge in [0.1, 0.15) is 0 Å². The quantitative estimate of drug-likeness (QED) is 0.850. The summed E-state index contributed by atoms with van der Waals surface area (Å²) in [5, 5.41) is 2.89. The van der Waals surface area contributed by atoms with E-state index >= 15 is 0 Å². The molecule has 1 aromatic heterocycles. The molecule has 1 N–H and O–H groups in total. The number of halogens is 3. The Balaban J connectivity index is 1.71. The number of hydrogen-bond donors (Lipinski definition) is 1. The van der Waals surface area contributed by atoms with E-state index in [9.17, 15) is 22.8 Å². The van der Waals surface area contributed by atoms with Crippen molar-refractivity contribution in [2.45, 2.75) is 39.3 Å². The first kappa shape index (κ1) is 18.6. The molecule has 1 amide bonds. The van der Waals surface area contributed by atoms with Crippen LogP contribution in [0.2, 0.25) is 0 Å². The van der Waals surface area contributed by atoms with Gasteiger partial charge in [0.2, 0.25) is 5.91 Å². The smallest absolute Gasteiger partial charge is 0.302 e. The zero-order valence-electron chi connectivity index (χ0n) is 14.2. The standard InChI is InChI=1S/C18H17F3N2O2S/c1-17(2)8-12-15(13(24)9-17)26-16(22-12)23-14(25)7-10-4-3-5-11(6-10)18(19,20)21/h3-6H,7-9H2,1-2H3,(H,22,23,25). The lowest BCUT2D eigenvalue weighted by molar-refractivity contribution is -0.137. The molecule has 4 nitrogen and oxygen atoms in total. The number of alkyl halides is 3. The van der Waals surface area contributed by atoms with Crippen molar-refractivity contribution < 1.29 is 22.8 Å². The van der Waals surface area contributed by atoms with Gasteiger partial charge in [0.25, 0.3) is 0 Å². The Morgan fingerprint density at radius 3 is 2.73 bits per heavy atom. The minimum Gasteiger partial charge on any atom is -0.302 e. The molecule has 138 valence electrons. The number of nitrogens with one attached hydrogen (secondary N) is 1. The second-order valence-electron chi connectivity index (χ2n) is 7.16. The van der Waals surface area contributed by atoms with Crippen molar-refractivity contribution in [2.24, 2.45) is 5.41 Å². The Kier molecular flexibility index (Phi) is 4.64. The summed E-state index contributed by atoms with van der Waals surface area (Å²) >= 11 is 1.12. The second-order valence-corrected chi connectivity index (χ2v) is 8.16. The van der Waals surface area contributed by atoms with Crippen LogP contribution in [0.4, 0.5) is 18.3 Å². The number of carbonyl (C=O) groups excluding carboxylic acids is 2. The van der Waals surface area contributed by atoms with Gasteiger partial charge in [-0.2, -0.15) is 13.2 Å². The number of ketones is 1. The van der Waals surface area contributed by atoms with Gasteiger partial charge >= 0.3 is 6.18 Å². The highest BCUT2D eigenvalue weighted by atomic mass is 32.1. The van der Waals surface area contributed by atoms with Gasteiger partial charge in [-0.05, 0) is 23.5 Å². The molecular formula is C18H17F3N2O2S. The van der Waals surface area contributed by atoms with E-state index in [1.165, 1.54) is 12.1 Å². The average molecular weight is 382 g/mol. The van der Waals surface area contributed by atoms with E-state index in [0.717, 1.165) is 23.5 Å². The van der Waals surface area contributed by atoms with E-state index < -0.39 is 17.6 Å². The summed E-state index contributed by atoms with van der Waals surface area (Å²) in [6.45, 7) is 3.97. The SMILES string of the molecule is CC1(C)CC(=O)c2sc(NC(=O)Cc3cccc(C(F)(F)F)c3)nc2C1. The number of carbonyl (C=O) groups is 2. The summed E-state index contributed by atoms with van der Waals surface area (Å²) < 4.78 is 38.2. The first-order valence-electron chi connectivity index (χ1n) is 8.02. The van der Waals surface area contributed by atoms with Gasteiger partial charge in [0.05, 0.1) is 22.6 Å². The molecule has 0 saturated carbocycles. The van der Waals surface area contributed by atoms with E-state index in [1.54, 1.807) is 0 Å². The number of nitrogens with zero attached hydrogens (tertiary/aromatic N) is 1. The summed E-state index contributed by atoms with van der Waals surface area (Å²) in [7, 11) is 0. The van der Waals surface area contributed by atoms with Gasteiger partial charge in [-0.1, -0.05) is 43.4 Å². The summed E-state index contributed by atoms with van der Waals surface area (Å²) in [6.07, 6.45) is -3.57. The van der Waals surface area contributed by atoms with Crippen molar-refractivity contribution >= 4 is 28.2 Å². The predicted octanol–water partition coefficient (Wildman–Crippen LogP) is 4.50. The molecule has 1 aliphatic rings. The first-order chi connectivity index (χ1) is 12.0. The molecule has 1 heterocycles. The molecule has 0 atom stereocenters.